The largest absolute Gasteiger partial charge is 0.463 e. The summed E-state index contributed by atoms with van der Waals surface area (Å²) < 4.78 is 14.5. The second kappa shape index (κ2) is 8.23. The Bertz CT molecular complexity index is 202. The van der Waals surface area contributed by atoms with Crippen molar-refractivity contribution >= 4 is 11.9 Å². The first-order chi connectivity index (χ1) is 7.02. The third-order valence-corrected chi connectivity index (χ3v) is 1.61. The maximum atomic E-state index is 10.6. The fourth-order valence-electron chi connectivity index (χ4n) is 0.999. The van der Waals surface area contributed by atoms with Crippen LogP contribution in [0.25, 0.3) is 0 Å². The fraction of sp³-hybridized carbons (Fsp3) is 0.800. The molecule has 15 heavy (non-hydrogen) atoms. The molecule has 0 amide bonds. The highest BCUT2D eigenvalue weighted by atomic mass is 16.7. The zero-order valence-corrected chi connectivity index (χ0v) is 9.45. The van der Waals surface area contributed by atoms with Crippen LogP contribution in [0.3, 0.4) is 0 Å². The summed E-state index contributed by atoms with van der Waals surface area (Å²) >= 11 is 0. The minimum atomic E-state index is -0.358. The first-order valence-corrected chi connectivity index (χ1v) is 4.90. The lowest BCUT2D eigenvalue weighted by Gasteiger charge is -2.11. The minimum absolute atomic E-state index is 0.0166. The first kappa shape index (κ1) is 13.9. The van der Waals surface area contributed by atoms with Gasteiger partial charge in [0.1, 0.15) is 0 Å². The molecule has 0 aliphatic heterocycles. The van der Waals surface area contributed by atoms with Gasteiger partial charge in [-0.15, -0.1) is 0 Å². The van der Waals surface area contributed by atoms with Crippen LogP contribution >= 0.6 is 0 Å². The molecule has 0 spiro atoms. The summed E-state index contributed by atoms with van der Waals surface area (Å²) in [5.41, 5.74) is 0. The van der Waals surface area contributed by atoms with Crippen LogP contribution in [-0.4, -0.2) is 31.4 Å². The van der Waals surface area contributed by atoms with E-state index >= 15 is 0 Å². The molecular weight excluding hydrogens is 200 g/mol. The van der Waals surface area contributed by atoms with Crippen molar-refractivity contribution < 1.29 is 23.8 Å². The van der Waals surface area contributed by atoms with E-state index in [1.54, 1.807) is 0 Å². The SMILES string of the molecule is CC(=O)OCOCCCC(C)OC(C)=O. The van der Waals surface area contributed by atoms with Gasteiger partial charge in [-0.3, -0.25) is 9.59 Å². The monoisotopic (exact) mass is 218 g/mol. The summed E-state index contributed by atoms with van der Waals surface area (Å²) in [6.45, 7) is 5.00. The molecule has 0 aliphatic rings. The summed E-state index contributed by atoms with van der Waals surface area (Å²) in [5.74, 6) is -0.633. The number of carbonyl (C=O) groups is 2. The van der Waals surface area contributed by atoms with E-state index < -0.39 is 0 Å². The molecule has 0 aromatic carbocycles. The lowest BCUT2D eigenvalue weighted by molar-refractivity contribution is -0.154. The second-order valence-corrected chi connectivity index (χ2v) is 3.22. The summed E-state index contributed by atoms with van der Waals surface area (Å²) in [5, 5.41) is 0. The van der Waals surface area contributed by atoms with Crippen LogP contribution in [0, 0.1) is 0 Å². The van der Waals surface area contributed by atoms with Crippen molar-refractivity contribution in [1.82, 2.24) is 0 Å². The van der Waals surface area contributed by atoms with Gasteiger partial charge in [0.05, 0.1) is 12.7 Å². The molecule has 5 nitrogen and oxygen atoms in total. The molecule has 0 heterocycles. The molecule has 0 N–H and O–H groups in total. The zero-order chi connectivity index (χ0) is 11.7. The molecular formula is C10H18O5. The number of hydrogen-bond acceptors (Lipinski definition) is 5. The van der Waals surface area contributed by atoms with E-state index in [0.717, 1.165) is 12.8 Å². The molecule has 1 atom stereocenters. The Balaban J connectivity index is 3.23. The van der Waals surface area contributed by atoms with Crippen LogP contribution < -0.4 is 0 Å². The minimum Gasteiger partial charge on any atom is -0.463 e. The van der Waals surface area contributed by atoms with Crippen LogP contribution in [0.5, 0.6) is 0 Å². The van der Waals surface area contributed by atoms with Gasteiger partial charge in [0.25, 0.3) is 0 Å². The van der Waals surface area contributed by atoms with Crippen LogP contribution in [0.15, 0.2) is 0 Å². The Kier molecular flexibility index (Phi) is 7.62. The van der Waals surface area contributed by atoms with Gasteiger partial charge in [-0.25, -0.2) is 0 Å². The van der Waals surface area contributed by atoms with Crippen LogP contribution in [0.1, 0.15) is 33.6 Å². The van der Waals surface area contributed by atoms with Gasteiger partial charge in [0.2, 0.25) is 0 Å². The maximum absolute atomic E-state index is 10.6. The molecule has 88 valence electrons. The van der Waals surface area contributed by atoms with Crippen molar-refractivity contribution in [2.24, 2.45) is 0 Å². The Morgan fingerprint density at radius 2 is 1.87 bits per heavy atom. The number of rotatable bonds is 7. The van der Waals surface area contributed by atoms with Crippen molar-refractivity contribution in [2.75, 3.05) is 13.4 Å². The molecule has 0 bridgehead atoms. The standard InChI is InChI=1S/C10H18O5/c1-8(15-10(3)12)5-4-6-13-7-14-9(2)11/h8H,4-7H2,1-3H3. The van der Waals surface area contributed by atoms with Crippen molar-refractivity contribution in [2.45, 2.75) is 39.7 Å². The second-order valence-electron chi connectivity index (χ2n) is 3.22. The number of carbonyl (C=O) groups excluding carboxylic acids is 2. The highest BCUT2D eigenvalue weighted by Gasteiger charge is 2.04. The first-order valence-electron chi connectivity index (χ1n) is 4.90. The third kappa shape index (κ3) is 10.8. The number of esters is 2. The van der Waals surface area contributed by atoms with Crippen molar-refractivity contribution in [1.29, 1.82) is 0 Å². The quantitative estimate of drug-likeness (QED) is 0.365. The highest BCUT2D eigenvalue weighted by Crippen LogP contribution is 2.01. The van der Waals surface area contributed by atoms with E-state index in [4.69, 9.17) is 9.47 Å². The Labute approximate surface area is 89.7 Å². The summed E-state index contributed by atoms with van der Waals surface area (Å²) in [6, 6.07) is 0. The van der Waals surface area contributed by atoms with E-state index in [9.17, 15) is 9.59 Å². The van der Waals surface area contributed by atoms with E-state index in [1.807, 2.05) is 6.92 Å². The lowest BCUT2D eigenvalue weighted by atomic mass is 10.2. The smallest absolute Gasteiger partial charge is 0.304 e. The molecule has 0 radical (unpaired) electrons. The molecule has 5 heteroatoms. The van der Waals surface area contributed by atoms with Gasteiger partial charge in [-0.2, -0.15) is 0 Å². The summed E-state index contributed by atoms with van der Waals surface area (Å²) in [6.07, 6.45) is 1.40. The fourth-order valence-corrected chi connectivity index (χ4v) is 0.999. The van der Waals surface area contributed by atoms with Crippen LogP contribution in [0.2, 0.25) is 0 Å². The third-order valence-electron chi connectivity index (χ3n) is 1.61. The Morgan fingerprint density at radius 1 is 1.20 bits per heavy atom. The average molecular weight is 218 g/mol. The summed E-state index contributed by atoms with van der Waals surface area (Å²) in [7, 11) is 0. The van der Waals surface area contributed by atoms with Crippen LogP contribution in [-0.2, 0) is 23.8 Å². The molecule has 0 aromatic heterocycles. The van der Waals surface area contributed by atoms with E-state index in [-0.39, 0.29) is 24.8 Å². The van der Waals surface area contributed by atoms with Crippen molar-refractivity contribution in [3.63, 3.8) is 0 Å². The molecule has 0 fully saturated rings. The van der Waals surface area contributed by atoms with Crippen LogP contribution in [0.4, 0.5) is 0 Å². The average Bonchev–Trinajstić information content (AvgIpc) is 2.09. The topological polar surface area (TPSA) is 61.8 Å². The van der Waals surface area contributed by atoms with Gasteiger partial charge in [0.15, 0.2) is 6.79 Å². The van der Waals surface area contributed by atoms with Gasteiger partial charge < -0.3 is 14.2 Å². The molecule has 0 saturated heterocycles. The molecule has 0 rings (SSSR count). The maximum Gasteiger partial charge on any atom is 0.304 e. The van der Waals surface area contributed by atoms with Gasteiger partial charge in [-0.1, -0.05) is 0 Å². The highest BCUT2D eigenvalue weighted by molar-refractivity contribution is 5.66. The van der Waals surface area contributed by atoms with Gasteiger partial charge in [0, 0.05) is 13.8 Å². The van der Waals surface area contributed by atoms with Gasteiger partial charge >= 0.3 is 11.9 Å². The predicted octanol–water partition coefficient (Wildman–Crippen LogP) is 1.26. The predicted molar refractivity (Wildman–Crippen MR) is 53.0 cm³/mol. The van der Waals surface area contributed by atoms with E-state index in [2.05, 4.69) is 4.74 Å². The van der Waals surface area contributed by atoms with E-state index in [1.165, 1.54) is 13.8 Å². The molecule has 0 saturated carbocycles. The number of hydrogen-bond donors (Lipinski definition) is 0. The van der Waals surface area contributed by atoms with Crippen molar-refractivity contribution in [3.8, 4) is 0 Å². The van der Waals surface area contributed by atoms with Crippen molar-refractivity contribution in [3.05, 3.63) is 0 Å². The normalized spacial score (nSPS) is 11.9. The zero-order valence-electron chi connectivity index (χ0n) is 9.45. The lowest BCUT2D eigenvalue weighted by Crippen LogP contribution is -2.13. The Morgan fingerprint density at radius 3 is 2.40 bits per heavy atom. The summed E-state index contributed by atoms with van der Waals surface area (Å²) in [4.78, 5) is 20.9. The Hall–Kier alpha value is -1.10. The van der Waals surface area contributed by atoms with Gasteiger partial charge in [-0.05, 0) is 19.8 Å². The number of ether oxygens (including phenoxy) is 3. The molecule has 0 aromatic rings. The molecule has 1 unspecified atom stereocenters. The van der Waals surface area contributed by atoms with E-state index in [0.29, 0.717) is 6.61 Å². The molecule has 0 aliphatic carbocycles.